The molecule has 6 heteroatoms. The van der Waals surface area contributed by atoms with E-state index in [1.54, 1.807) is 0 Å². The molecule has 1 amide bonds. The first-order chi connectivity index (χ1) is 11.1. The van der Waals surface area contributed by atoms with Gasteiger partial charge < -0.3 is 10.1 Å². The molecule has 4 aliphatic rings. The van der Waals surface area contributed by atoms with Crippen molar-refractivity contribution in [3.63, 3.8) is 0 Å². The highest BCUT2D eigenvalue weighted by Gasteiger charge is 2.54. The van der Waals surface area contributed by atoms with Crippen molar-refractivity contribution in [2.45, 2.75) is 44.9 Å². The van der Waals surface area contributed by atoms with E-state index in [1.165, 1.54) is 37.7 Å². The highest BCUT2D eigenvalue weighted by Crippen LogP contribution is 2.60. The third-order valence-corrected chi connectivity index (χ3v) is 6.65. The van der Waals surface area contributed by atoms with Gasteiger partial charge in [-0.25, -0.2) is 4.98 Å². The number of aromatic nitrogens is 1. The summed E-state index contributed by atoms with van der Waals surface area (Å²) < 4.78 is 4.65. The first-order valence-corrected chi connectivity index (χ1v) is 9.27. The molecule has 0 unspecified atom stereocenters. The van der Waals surface area contributed by atoms with E-state index in [-0.39, 0.29) is 23.7 Å². The topological polar surface area (TPSA) is 68.3 Å². The van der Waals surface area contributed by atoms with Crippen molar-refractivity contribution in [2.75, 3.05) is 12.4 Å². The molecule has 0 aliphatic heterocycles. The SMILES string of the molecule is COC(=O)Cc1csc(NC(=O)C23CC4CC(CC(C4)C2)C3)n1. The van der Waals surface area contributed by atoms with Gasteiger partial charge in [0.25, 0.3) is 0 Å². The maximum absolute atomic E-state index is 12.9. The number of carbonyl (C=O) groups is 2. The first kappa shape index (κ1) is 15.1. The normalized spacial score (nSPS) is 34.4. The summed E-state index contributed by atoms with van der Waals surface area (Å²) in [6.45, 7) is 0. The van der Waals surface area contributed by atoms with Gasteiger partial charge in [-0.15, -0.1) is 11.3 Å². The quantitative estimate of drug-likeness (QED) is 0.860. The van der Waals surface area contributed by atoms with Gasteiger partial charge in [0.15, 0.2) is 5.13 Å². The van der Waals surface area contributed by atoms with Crippen LogP contribution >= 0.6 is 11.3 Å². The molecule has 5 nitrogen and oxygen atoms in total. The lowest BCUT2D eigenvalue weighted by atomic mass is 9.49. The van der Waals surface area contributed by atoms with Gasteiger partial charge in [-0.1, -0.05) is 0 Å². The Morgan fingerprint density at radius 1 is 1.26 bits per heavy atom. The van der Waals surface area contributed by atoms with Gasteiger partial charge in [-0.3, -0.25) is 9.59 Å². The lowest BCUT2D eigenvalue weighted by Gasteiger charge is -2.55. The summed E-state index contributed by atoms with van der Waals surface area (Å²) in [5.41, 5.74) is 0.491. The van der Waals surface area contributed by atoms with Crippen LogP contribution in [0.3, 0.4) is 0 Å². The zero-order valence-electron chi connectivity index (χ0n) is 13.3. The standard InChI is InChI=1S/C17H22N2O3S/c1-22-14(20)5-13-9-23-16(18-13)19-15(21)17-6-10-2-11(7-17)4-12(3-10)8-17/h9-12H,2-8H2,1H3,(H,18,19,21). The van der Waals surface area contributed by atoms with Gasteiger partial charge in [-0.2, -0.15) is 0 Å². The number of hydrogen-bond acceptors (Lipinski definition) is 5. The molecule has 4 saturated carbocycles. The van der Waals surface area contributed by atoms with Crippen LogP contribution in [0.15, 0.2) is 5.38 Å². The molecule has 4 fully saturated rings. The van der Waals surface area contributed by atoms with Crippen molar-refractivity contribution in [1.29, 1.82) is 0 Å². The average Bonchev–Trinajstić information content (AvgIpc) is 2.92. The maximum Gasteiger partial charge on any atom is 0.311 e. The number of nitrogens with zero attached hydrogens (tertiary/aromatic N) is 1. The van der Waals surface area contributed by atoms with Gasteiger partial charge in [0, 0.05) is 5.38 Å². The van der Waals surface area contributed by atoms with E-state index >= 15 is 0 Å². The minimum Gasteiger partial charge on any atom is -0.469 e. The summed E-state index contributed by atoms with van der Waals surface area (Å²) in [4.78, 5) is 28.6. The van der Waals surface area contributed by atoms with E-state index in [2.05, 4.69) is 15.0 Å². The minimum absolute atomic E-state index is 0.149. The van der Waals surface area contributed by atoms with Gasteiger partial charge in [0.05, 0.1) is 24.6 Å². The number of methoxy groups -OCH3 is 1. The van der Waals surface area contributed by atoms with Crippen molar-refractivity contribution in [3.05, 3.63) is 11.1 Å². The van der Waals surface area contributed by atoms with Crippen molar-refractivity contribution < 1.29 is 14.3 Å². The summed E-state index contributed by atoms with van der Waals surface area (Å²) in [5, 5.41) is 5.44. The summed E-state index contributed by atoms with van der Waals surface area (Å²) in [5.74, 6) is 2.08. The Morgan fingerprint density at radius 2 is 1.87 bits per heavy atom. The Labute approximate surface area is 139 Å². The fraction of sp³-hybridized carbons (Fsp3) is 0.706. The van der Waals surface area contributed by atoms with Gasteiger partial charge >= 0.3 is 5.97 Å². The number of nitrogens with one attached hydrogen (secondary N) is 1. The second-order valence-electron chi connectivity index (χ2n) is 7.55. The number of hydrogen-bond donors (Lipinski definition) is 1. The van der Waals surface area contributed by atoms with Crippen LogP contribution in [0.5, 0.6) is 0 Å². The molecule has 1 aromatic rings. The second kappa shape index (κ2) is 5.58. The zero-order chi connectivity index (χ0) is 16.0. The smallest absolute Gasteiger partial charge is 0.311 e. The van der Waals surface area contributed by atoms with Crippen LogP contribution in [0.2, 0.25) is 0 Å². The summed E-state index contributed by atoms with van der Waals surface area (Å²) in [6, 6.07) is 0. The molecular weight excluding hydrogens is 312 g/mol. The molecule has 4 aliphatic carbocycles. The Bertz CT molecular complexity index is 604. The van der Waals surface area contributed by atoms with Crippen molar-refractivity contribution in [1.82, 2.24) is 4.98 Å². The molecule has 124 valence electrons. The largest absolute Gasteiger partial charge is 0.469 e. The van der Waals surface area contributed by atoms with E-state index < -0.39 is 0 Å². The predicted molar refractivity (Wildman–Crippen MR) is 87.1 cm³/mol. The van der Waals surface area contributed by atoms with Crippen molar-refractivity contribution in [3.8, 4) is 0 Å². The number of anilines is 1. The number of esters is 1. The molecular formula is C17H22N2O3S. The molecule has 1 N–H and O–H groups in total. The van der Waals surface area contributed by atoms with Crippen LogP contribution in [0, 0.1) is 23.2 Å². The number of ether oxygens (including phenoxy) is 1. The monoisotopic (exact) mass is 334 g/mol. The highest BCUT2D eigenvalue weighted by molar-refractivity contribution is 7.13. The van der Waals surface area contributed by atoms with E-state index in [0.717, 1.165) is 37.0 Å². The third kappa shape index (κ3) is 2.77. The van der Waals surface area contributed by atoms with E-state index in [4.69, 9.17) is 0 Å². The summed E-state index contributed by atoms with van der Waals surface area (Å²) in [7, 11) is 1.37. The fourth-order valence-electron chi connectivity index (χ4n) is 5.28. The number of carbonyl (C=O) groups excluding carboxylic acids is 2. The summed E-state index contributed by atoms with van der Waals surface area (Å²) in [6.07, 6.45) is 7.27. The Kier molecular flexibility index (Phi) is 3.67. The van der Waals surface area contributed by atoms with Crippen LogP contribution in [-0.2, 0) is 20.7 Å². The zero-order valence-corrected chi connectivity index (χ0v) is 14.2. The van der Waals surface area contributed by atoms with Crippen LogP contribution in [0.1, 0.15) is 44.2 Å². The summed E-state index contributed by atoms with van der Waals surface area (Å²) >= 11 is 1.38. The number of thiazole rings is 1. The maximum atomic E-state index is 12.9. The van der Waals surface area contributed by atoms with Crippen LogP contribution in [-0.4, -0.2) is 24.0 Å². The molecule has 0 saturated heterocycles. The molecule has 0 spiro atoms. The lowest BCUT2D eigenvalue weighted by Crippen LogP contribution is -2.51. The Morgan fingerprint density at radius 3 is 2.43 bits per heavy atom. The van der Waals surface area contributed by atoms with Crippen molar-refractivity contribution >= 4 is 28.3 Å². The molecule has 0 atom stereocenters. The van der Waals surface area contributed by atoms with Crippen LogP contribution in [0.25, 0.3) is 0 Å². The minimum atomic E-state index is -0.311. The molecule has 4 bridgehead atoms. The van der Waals surface area contributed by atoms with Gasteiger partial charge in [-0.05, 0) is 56.3 Å². The van der Waals surface area contributed by atoms with Crippen molar-refractivity contribution in [2.24, 2.45) is 23.2 Å². The predicted octanol–water partition coefficient (Wildman–Crippen LogP) is 3.01. The molecule has 0 radical (unpaired) electrons. The van der Waals surface area contributed by atoms with E-state index in [0.29, 0.717) is 10.8 Å². The number of rotatable bonds is 4. The molecule has 23 heavy (non-hydrogen) atoms. The highest BCUT2D eigenvalue weighted by atomic mass is 32.1. The van der Waals surface area contributed by atoms with Crippen LogP contribution in [0.4, 0.5) is 5.13 Å². The van der Waals surface area contributed by atoms with E-state index in [1.807, 2.05) is 5.38 Å². The third-order valence-electron chi connectivity index (χ3n) is 5.85. The lowest BCUT2D eigenvalue weighted by molar-refractivity contribution is -0.140. The molecule has 1 aromatic heterocycles. The first-order valence-electron chi connectivity index (χ1n) is 8.39. The van der Waals surface area contributed by atoms with Gasteiger partial charge in [0.1, 0.15) is 0 Å². The number of amides is 1. The van der Waals surface area contributed by atoms with Crippen LogP contribution < -0.4 is 5.32 Å². The fourth-order valence-corrected chi connectivity index (χ4v) is 5.99. The molecule has 1 heterocycles. The van der Waals surface area contributed by atoms with Gasteiger partial charge in [0.2, 0.25) is 5.91 Å². The molecule has 0 aromatic carbocycles. The Balaban J connectivity index is 1.45. The van der Waals surface area contributed by atoms with E-state index in [9.17, 15) is 9.59 Å². The second-order valence-corrected chi connectivity index (χ2v) is 8.41. The average molecular weight is 334 g/mol. The Hall–Kier alpha value is -1.43. The molecule has 5 rings (SSSR count).